The highest BCUT2D eigenvalue weighted by atomic mass is 14.8. The Morgan fingerprint density at radius 1 is 1.33 bits per heavy atom. The van der Waals surface area contributed by atoms with Gasteiger partial charge in [0.2, 0.25) is 0 Å². The lowest BCUT2D eigenvalue weighted by atomic mass is 10.1. The molecule has 0 aliphatic heterocycles. The Kier molecular flexibility index (Phi) is 5.63. The number of aromatic nitrogens is 2. The van der Waals surface area contributed by atoms with Crippen LogP contribution < -0.4 is 5.32 Å². The van der Waals surface area contributed by atoms with E-state index in [2.05, 4.69) is 35.2 Å². The second-order valence-electron chi connectivity index (χ2n) is 3.55. The Morgan fingerprint density at radius 3 is 2.73 bits per heavy atom. The van der Waals surface area contributed by atoms with Gasteiger partial charge in [-0.2, -0.15) is 0 Å². The van der Waals surface area contributed by atoms with Crippen molar-refractivity contribution in [2.24, 2.45) is 0 Å². The molecule has 3 nitrogen and oxygen atoms in total. The topological polar surface area (TPSA) is 37.8 Å². The van der Waals surface area contributed by atoms with Gasteiger partial charge >= 0.3 is 0 Å². The second kappa shape index (κ2) is 7.12. The van der Waals surface area contributed by atoms with Crippen molar-refractivity contribution in [3.63, 3.8) is 0 Å². The van der Waals surface area contributed by atoms with E-state index >= 15 is 0 Å². The number of nitrogens with one attached hydrogen (secondary N) is 1. The number of nitrogens with zero attached hydrogens (tertiary/aromatic N) is 2. The van der Waals surface area contributed by atoms with Crippen molar-refractivity contribution >= 4 is 5.57 Å². The van der Waals surface area contributed by atoms with Gasteiger partial charge in [0.1, 0.15) is 6.33 Å². The third-order valence-corrected chi connectivity index (χ3v) is 2.21. The number of hydrogen-bond acceptors (Lipinski definition) is 3. The van der Waals surface area contributed by atoms with E-state index in [9.17, 15) is 0 Å². The largest absolute Gasteiger partial charge is 0.316 e. The monoisotopic (exact) mass is 205 g/mol. The summed E-state index contributed by atoms with van der Waals surface area (Å²) in [6.07, 6.45) is 9.72. The molecule has 1 aromatic rings. The molecule has 0 spiro atoms. The van der Waals surface area contributed by atoms with Gasteiger partial charge in [-0.1, -0.05) is 13.0 Å². The molecule has 1 N–H and O–H groups in total. The van der Waals surface area contributed by atoms with Crippen LogP contribution in [-0.2, 0) is 0 Å². The Balaban J connectivity index is 2.33. The highest BCUT2D eigenvalue weighted by molar-refractivity contribution is 5.61. The SMILES string of the molecule is CCCNCCC=C(C)c1cncnc1. The molecule has 0 atom stereocenters. The normalized spacial score (nSPS) is 11.7. The molecule has 0 aromatic carbocycles. The fourth-order valence-corrected chi connectivity index (χ4v) is 1.31. The molecular weight excluding hydrogens is 186 g/mol. The Morgan fingerprint density at radius 2 is 2.07 bits per heavy atom. The minimum Gasteiger partial charge on any atom is -0.316 e. The molecule has 0 aliphatic rings. The summed E-state index contributed by atoms with van der Waals surface area (Å²) in [7, 11) is 0. The predicted octanol–water partition coefficient (Wildman–Crippen LogP) is 2.27. The van der Waals surface area contributed by atoms with Gasteiger partial charge in [0.25, 0.3) is 0 Å². The van der Waals surface area contributed by atoms with E-state index in [-0.39, 0.29) is 0 Å². The Labute approximate surface area is 91.7 Å². The molecule has 3 heteroatoms. The van der Waals surface area contributed by atoms with Gasteiger partial charge in [-0.15, -0.1) is 0 Å². The summed E-state index contributed by atoms with van der Waals surface area (Å²) in [6, 6.07) is 0. The van der Waals surface area contributed by atoms with E-state index in [0.717, 1.165) is 25.1 Å². The predicted molar refractivity (Wildman–Crippen MR) is 63.5 cm³/mol. The van der Waals surface area contributed by atoms with Gasteiger partial charge < -0.3 is 5.32 Å². The summed E-state index contributed by atoms with van der Waals surface area (Å²) in [4.78, 5) is 7.99. The van der Waals surface area contributed by atoms with Crippen LogP contribution >= 0.6 is 0 Å². The fraction of sp³-hybridized carbons (Fsp3) is 0.500. The standard InChI is InChI=1S/C12H19N3/c1-3-6-13-7-4-5-11(2)12-8-14-10-15-9-12/h5,8-10,13H,3-4,6-7H2,1-2H3. The van der Waals surface area contributed by atoms with Crippen LogP contribution in [0, 0.1) is 0 Å². The quantitative estimate of drug-likeness (QED) is 0.724. The molecule has 0 unspecified atom stereocenters. The van der Waals surface area contributed by atoms with Crippen molar-refractivity contribution in [2.75, 3.05) is 13.1 Å². The number of hydrogen-bond donors (Lipinski definition) is 1. The van der Waals surface area contributed by atoms with Gasteiger partial charge in [0.05, 0.1) is 0 Å². The van der Waals surface area contributed by atoms with Crippen molar-refractivity contribution in [2.45, 2.75) is 26.7 Å². The highest BCUT2D eigenvalue weighted by Crippen LogP contribution is 2.10. The second-order valence-corrected chi connectivity index (χ2v) is 3.55. The maximum atomic E-state index is 4.00. The van der Waals surface area contributed by atoms with E-state index in [1.54, 1.807) is 6.33 Å². The van der Waals surface area contributed by atoms with Crippen LogP contribution in [0.4, 0.5) is 0 Å². The fourth-order valence-electron chi connectivity index (χ4n) is 1.31. The van der Waals surface area contributed by atoms with Gasteiger partial charge in [0, 0.05) is 18.0 Å². The Bertz CT molecular complexity index is 293. The van der Waals surface area contributed by atoms with Crippen molar-refractivity contribution in [1.29, 1.82) is 0 Å². The van der Waals surface area contributed by atoms with Crippen molar-refractivity contribution in [3.05, 3.63) is 30.4 Å². The molecule has 0 bridgehead atoms. The molecule has 0 fully saturated rings. The van der Waals surface area contributed by atoms with Crippen LogP contribution in [-0.4, -0.2) is 23.1 Å². The molecule has 82 valence electrons. The first-order valence-electron chi connectivity index (χ1n) is 5.47. The van der Waals surface area contributed by atoms with Crippen molar-refractivity contribution in [1.82, 2.24) is 15.3 Å². The van der Waals surface area contributed by atoms with Gasteiger partial charge in [-0.25, -0.2) is 9.97 Å². The van der Waals surface area contributed by atoms with Crippen LogP contribution in [0.15, 0.2) is 24.8 Å². The molecule has 0 aliphatic carbocycles. The summed E-state index contributed by atoms with van der Waals surface area (Å²) in [5.74, 6) is 0. The molecule has 15 heavy (non-hydrogen) atoms. The minimum atomic E-state index is 1.04. The molecular formula is C12H19N3. The first-order chi connectivity index (χ1) is 7.34. The lowest BCUT2D eigenvalue weighted by Gasteiger charge is -2.01. The van der Waals surface area contributed by atoms with E-state index in [4.69, 9.17) is 0 Å². The summed E-state index contributed by atoms with van der Waals surface area (Å²) >= 11 is 0. The van der Waals surface area contributed by atoms with E-state index in [1.807, 2.05) is 12.4 Å². The Hall–Kier alpha value is -1.22. The summed E-state index contributed by atoms with van der Waals surface area (Å²) in [6.45, 7) is 6.41. The van der Waals surface area contributed by atoms with Gasteiger partial charge in [0.15, 0.2) is 0 Å². The molecule has 0 amide bonds. The zero-order valence-corrected chi connectivity index (χ0v) is 9.53. The molecule has 1 rings (SSSR count). The maximum absolute atomic E-state index is 4.00. The molecule has 0 saturated heterocycles. The third kappa shape index (κ3) is 4.70. The van der Waals surface area contributed by atoms with Crippen LogP contribution in [0.2, 0.25) is 0 Å². The van der Waals surface area contributed by atoms with Crippen LogP contribution in [0.1, 0.15) is 32.3 Å². The van der Waals surface area contributed by atoms with Crippen LogP contribution in [0.3, 0.4) is 0 Å². The zero-order valence-electron chi connectivity index (χ0n) is 9.53. The van der Waals surface area contributed by atoms with E-state index in [1.165, 1.54) is 12.0 Å². The van der Waals surface area contributed by atoms with Crippen molar-refractivity contribution < 1.29 is 0 Å². The lowest BCUT2D eigenvalue weighted by molar-refractivity contribution is 0.678. The van der Waals surface area contributed by atoms with Crippen LogP contribution in [0.5, 0.6) is 0 Å². The van der Waals surface area contributed by atoms with Crippen LogP contribution in [0.25, 0.3) is 5.57 Å². The zero-order chi connectivity index (χ0) is 10.9. The first-order valence-corrected chi connectivity index (χ1v) is 5.47. The molecule has 0 saturated carbocycles. The first kappa shape index (κ1) is 11.9. The van der Waals surface area contributed by atoms with Crippen molar-refractivity contribution in [3.8, 4) is 0 Å². The summed E-state index contributed by atoms with van der Waals surface area (Å²) in [5, 5.41) is 3.37. The van der Waals surface area contributed by atoms with Gasteiger partial charge in [-0.05, 0) is 38.4 Å². The lowest BCUT2D eigenvalue weighted by Crippen LogP contribution is -2.15. The minimum absolute atomic E-state index is 1.04. The average molecular weight is 205 g/mol. The highest BCUT2D eigenvalue weighted by Gasteiger charge is 1.94. The summed E-state index contributed by atoms with van der Waals surface area (Å²) in [5.41, 5.74) is 2.35. The molecule has 1 aromatic heterocycles. The van der Waals surface area contributed by atoms with E-state index in [0.29, 0.717) is 0 Å². The van der Waals surface area contributed by atoms with E-state index < -0.39 is 0 Å². The average Bonchev–Trinajstić information content (AvgIpc) is 2.30. The maximum Gasteiger partial charge on any atom is 0.115 e. The number of rotatable bonds is 6. The van der Waals surface area contributed by atoms with Gasteiger partial charge in [-0.3, -0.25) is 0 Å². The molecule has 1 heterocycles. The third-order valence-electron chi connectivity index (χ3n) is 2.21. The number of allylic oxidation sites excluding steroid dienone is 1. The summed E-state index contributed by atoms with van der Waals surface area (Å²) < 4.78 is 0. The smallest absolute Gasteiger partial charge is 0.115 e. The molecule has 0 radical (unpaired) electrons.